The predicted octanol–water partition coefficient (Wildman–Crippen LogP) is 1.16. The Kier molecular flexibility index (Phi) is 5.67. The number of rotatable bonds is 7. The van der Waals surface area contributed by atoms with Gasteiger partial charge in [0.2, 0.25) is 5.91 Å². The lowest BCUT2D eigenvalue weighted by molar-refractivity contribution is -0.384. The molecule has 0 radical (unpaired) electrons. The first-order chi connectivity index (χ1) is 11.8. The number of hydrogen-bond acceptors (Lipinski definition) is 6. The zero-order valence-electron chi connectivity index (χ0n) is 13.1. The summed E-state index contributed by atoms with van der Waals surface area (Å²) in [6.45, 7) is 0. The van der Waals surface area contributed by atoms with Crippen LogP contribution in [-0.2, 0) is 21.2 Å². The number of amides is 1. The molecule has 2 rings (SSSR count). The van der Waals surface area contributed by atoms with Crippen molar-refractivity contribution < 1.29 is 22.9 Å². The van der Waals surface area contributed by atoms with Crippen LogP contribution < -0.4 is 15.0 Å². The van der Waals surface area contributed by atoms with Gasteiger partial charge in [0.25, 0.3) is 15.7 Å². The summed E-state index contributed by atoms with van der Waals surface area (Å²) in [5.41, 5.74) is 2.45. The maximum Gasteiger partial charge on any atom is 0.269 e. The maximum absolute atomic E-state index is 12.1. The van der Waals surface area contributed by atoms with Gasteiger partial charge in [0.1, 0.15) is 5.75 Å². The molecule has 0 spiro atoms. The Morgan fingerprint density at radius 1 is 1.16 bits per heavy atom. The highest BCUT2D eigenvalue weighted by molar-refractivity contribution is 7.89. The van der Waals surface area contributed by atoms with Gasteiger partial charge in [-0.1, -0.05) is 18.2 Å². The minimum absolute atomic E-state index is 0.0905. The Bertz CT molecular complexity index is 880. The van der Waals surface area contributed by atoms with E-state index in [-0.39, 0.29) is 17.0 Å². The number of nitro groups is 1. The van der Waals surface area contributed by atoms with E-state index in [4.69, 9.17) is 4.74 Å². The number of hydrazine groups is 1. The highest BCUT2D eigenvalue weighted by atomic mass is 32.2. The molecule has 2 N–H and O–H groups in total. The smallest absolute Gasteiger partial charge is 0.269 e. The van der Waals surface area contributed by atoms with Crippen molar-refractivity contribution in [2.24, 2.45) is 0 Å². The minimum atomic E-state index is -4.04. The number of carbonyl (C=O) groups excluding carboxylic acids is 1. The molecule has 0 unspecified atom stereocenters. The zero-order valence-corrected chi connectivity index (χ0v) is 13.9. The Hall–Kier alpha value is -2.98. The summed E-state index contributed by atoms with van der Waals surface area (Å²) in [5.74, 6) is -0.0779. The first-order valence-electron chi connectivity index (χ1n) is 7.00. The third-order valence-corrected chi connectivity index (χ3v) is 4.49. The molecule has 132 valence electrons. The number of carbonyl (C=O) groups is 1. The van der Waals surface area contributed by atoms with Gasteiger partial charge in [0.05, 0.1) is 23.3 Å². The van der Waals surface area contributed by atoms with Gasteiger partial charge in [-0.25, -0.2) is 8.42 Å². The molecule has 0 saturated carbocycles. The SMILES string of the molecule is COc1ccccc1CC(=O)NNS(=O)(=O)c1ccc([N+](=O)[O-])cc1. The van der Waals surface area contributed by atoms with Crippen molar-refractivity contribution in [3.8, 4) is 5.75 Å². The highest BCUT2D eigenvalue weighted by Crippen LogP contribution is 2.18. The van der Waals surface area contributed by atoms with Crippen molar-refractivity contribution in [2.75, 3.05) is 7.11 Å². The first-order valence-corrected chi connectivity index (χ1v) is 8.49. The third kappa shape index (κ3) is 4.75. The van der Waals surface area contributed by atoms with E-state index in [0.29, 0.717) is 11.3 Å². The molecule has 0 aliphatic carbocycles. The lowest BCUT2D eigenvalue weighted by atomic mass is 10.1. The molecule has 9 nitrogen and oxygen atoms in total. The molecule has 0 aromatic heterocycles. The number of nitrogens with one attached hydrogen (secondary N) is 2. The second kappa shape index (κ2) is 7.73. The minimum Gasteiger partial charge on any atom is -0.496 e. The van der Waals surface area contributed by atoms with Crippen molar-refractivity contribution in [2.45, 2.75) is 11.3 Å². The molecule has 0 bridgehead atoms. The summed E-state index contributed by atoms with van der Waals surface area (Å²) in [6.07, 6.45) is -0.0905. The molecule has 0 aliphatic heterocycles. The summed E-state index contributed by atoms with van der Waals surface area (Å²) in [6, 6.07) is 11.1. The largest absolute Gasteiger partial charge is 0.496 e. The van der Waals surface area contributed by atoms with Gasteiger partial charge in [0, 0.05) is 17.7 Å². The van der Waals surface area contributed by atoms with E-state index in [2.05, 4.69) is 5.43 Å². The normalized spacial score (nSPS) is 10.9. The zero-order chi connectivity index (χ0) is 18.4. The summed E-state index contributed by atoms with van der Waals surface area (Å²) in [7, 11) is -2.58. The number of nitro benzene ring substituents is 1. The van der Waals surface area contributed by atoms with E-state index in [9.17, 15) is 23.3 Å². The van der Waals surface area contributed by atoms with Crippen LogP contribution in [0.15, 0.2) is 53.4 Å². The summed E-state index contributed by atoms with van der Waals surface area (Å²) < 4.78 is 29.3. The van der Waals surface area contributed by atoms with Crippen molar-refractivity contribution >= 4 is 21.6 Å². The van der Waals surface area contributed by atoms with Crippen molar-refractivity contribution in [1.29, 1.82) is 0 Å². The summed E-state index contributed by atoms with van der Waals surface area (Å²) in [5, 5.41) is 10.6. The van der Waals surface area contributed by atoms with E-state index >= 15 is 0 Å². The molecule has 0 fully saturated rings. The van der Waals surface area contributed by atoms with Crippen LogP contribution in [0.3, 0.4) is 0 Å². The van der Waals surface area contributed by atoms with Crippen LogP contribution in [-0.4, -0.2) is 26.4 Å². The molecule has 0 aliphatic rings. The molecular formula is C15H15N3O6S. The molecule has 25 heavy (non-hydrogen) atoms. The number of ether oxygens (including phenoxy) is 1. The molecule has 1 amide bonds. The van der Waals surface area contributed by atoms with E-state index in [1.165, 1.54) is 7.11 Å². The molecule has 10 heteroatoms. The van der Waals surface area contributed by atoms with Gasteiger partial charge in [0.15, 0.2) is 0 Å². The number of para-hydroxylation sites is 1. The van der Waals surface area contributed by atoms with Crippen LogP contribution >= 0.6 is 0 Å². The fourth-order valence-electron chi connectivity index (χ4n) is 2.00. The van der Waals surface area contributed by atoms with Gasteiger partial charge in [-0.3, -0.25) is 20.3 Å². The number of nitrogens with zero attached hydrogens (tertiary/aromatic N) is 1. The second-order valence-corrected chi connectivity index (χ2v) is 6.58. The fraction of sp³-hybridized carbons (Fsp3) is 0.133. The van der Waals surface area contributed by atoms with Crippen molar-refractivity contribution in [3.63, 3.8) is 0 Å². The van der Waals surface area contributed by atoms with Gasteiger partial charge < -0.3 is 4.74 Å². The van der Waals surface area contributed by atoms with Crippen LogP contribution in [0.5, 0.6) is 5.75 Å². The second-order valence-electron chi connectivity index (χ2n) is 4.89. The standard InChI is InChI=1S/C15H15N3O6S/c1-24-14-5-3-2-4-11(14)10-15(19)16-17-25(22,23)13-8-6-12(7-9-13)18(20)21/h2-9,17H,10H2,1H3,(H,16,19). The molecule has 2 aromatic rings. The van der Waals surface area contributed by atoms with E-state index < -0.39 is 20.9 Å². The van der Waals surface area contributed by atoms with Gasteiger partial charge in [-0.05, 0) is 18.2 Å². The number of non-ortho nitro benzene ring substituents is 1. The van der Waals surface area contributed by atoms with Crippen LogP contribution in [0.25, 0.3) is 0 Å². The number of benzene rings is 2. The first kappa shape index (κ1) is 18.4. The van der Waals surface area contributed by atoms with Crippen LogP contribution in [0.1, 0.15) is 5.56 Å². The maximum atomic E-state index is 12.1. The quantitative estimate of drug-likeness (QED) is 0.560. The molecular weight excluding hydrogens is 350 g/mol. The molecule has 0 atom stereocenters. The Labute approximate surface area is 143 Å². The number of hydrogen-bond donors (Lipinski definition) is 2. The molecule has 2 aromatic carbocycles. The lowest BCUT2D eigenvalue weighted by Crippen LogP contribution is -2.42. The highest BCUT2D eigenvalue weighted by Gasteiger charge is 2.17. The van der Waals surface area contributed by atoms with E-state index in [1.54, 1.807) is 24.3 Å². The Morgan fingerprint density at radius 2 is 1.80 bits per heavy atom. The Morgan fingerprint density at radius 3 is 2.40 bits per heavy atom. The van der Waals surface area contributed by atoms with Crippen LogP contribution in [0.2, 0.25) is 0 Å². The monoisotopic (exact) mass is 365 g/mol. The number of methoxy groups -OCH3 is 1. The third-order valence-electron chi connectivity index (χ3n) is 3.23. The van der Waals surface area contributed by atoms with E-state index in [0.717, 1.165) is 24.3 Å². The number of sulfonamides is 1. The Balaban J connectivity index is 2.01. The van der Waals surface area contributed by atoms with Gasteiger partial charge in [-0.2, -0.15) is 0 Å². The van der Waals surface area contributed by atoms with Crippen LogP contribution in [0.4, 0.5) is 5.69 Å². The predicted molar refractivity (Wildman–Crippen MR) is 88.3 cm³/mol. The van der Waals surface area contributed by atoms with Gasteiger partial charge in [-0.15, -0.1) is 4.83 Å². The average Bonchev–Trinajstić information content (AvgIpc) is 2.60. The topological polar surface area (TPSA) is 128 Å². The van der Waals surface area contributed by atoms with Crippen molar-refractivity contribution in [3.05, 3.63) is 64.2 Å². The molecule has 0 heterocycles. The van der Waals surface area contributed by atoms with E-state index in [1.807, 2.05) is 4.83 Å². The summed E-state index contributed by atoms with van der Waals surface area (Å²) in [4.78, 5) is 23.6. The summed E-state index contributed by atoms with van der Waals surface area (Å²) >= 11 is 0. The van der Waals surface area contributed by atoms with Crippen LogP contribution in [0, 0.1) is 10.1 Å². The average molecular weight is 365 g/mol. The fourth-order valence-corrected chi connectivity index (χ4v) is 2.86. The molecule has 0 saturated heterocycles. The lowest BCUT2D eigenvalue weighted by Gasteiger charge is -2.10. The van der Waals surface area contributed by atoms with Crippen molar-refractivity contribution in [1.82, 2.24) is 10.3 Å². The van der Waals surface area contributed by atoms with Gasteiger partial charge >= 0.3 is 0 Å².